The van der Waals surface area contributed by atoms with Crippen molar-refractivity contribution in [2.75, 3.05) is 0 Å². The van der Waals surface area contributed by atoms with Gasteiger partial charge in [0.15, 0.2) is 0 Å². The Morgan fingerprint density at radius 1 is 1.06 bits per heavy atom. The van der Waals surface area contributed by atoms with Gasteiger partial charge in [-0.15, -0.1) is 12.6 Å². The van der Waals surface area contributed by atoms with Crippen LogP contribution in [0.4, 0.5) is 0 Å². The van der Waals surface area contributed by atoms with Crippen molar-refractivity contribution in [3.05, 3.63) is 29.8 Å². The van der Waals surface area contributed by atoms with Gasteiger partial charge in [0.2, 0.25) is 0 Å². The summed E-state index contributed by atoms with van der Waals surface area (Å²) >= 11 is 4.35. The van der Waals surface area contributed by atoms with Gasteiger partial charge >= 0.3 is 48.9 Å². The van der Waals surface area contributed by atoms with Gasteiger partial charge in [0.25, 0.3) is 0 Å². The van der Waals surface area contributed by atoms with Gasteiger partial charge < -0.3 is 2.85 Å². The Morgan fingerprint density at radius 3 is 2.44 bits per heavy atom. The van der Waals surface area contributed by atoms with Crippen LogP contribution in [0.2, 0.25) is 0 Å². The minimum Gasteiger partial charge on any atom is -1.00 e. The molecule has 1 rings (SSSR count). The van der Waals surface area contributed by atoms with Crippen LogP contribution in [0.25, 0.3) is 0 Å². The van der Waals surface area contributed by atoms with Crippen LogP contribution < -0.4 is 0 Å². The number of unbranched alkanes of at least 4 members (excludes halogenated alkanes) is 5. The number of thiol groups is 1. The molecule has 1 aromatic rings. The molecule has 0 saturated carbocycles. The number of aryl methyl sites for hydroxylation is 1. The molecule has 0 aliphatic heterocycles. The van der Waals surface area contributed by atoms with Crippen molar-refractivity contribution in [2.45, 2.75) is 56.8 Å². The SMILES string of the molecule is CCCCCCCCc1cccc(S)c1.[Ba+2].[H-].[H-]. The Balaban J connectivity index is -0.000000750. The number of hydrogen-bond donors (Lipinski definition) is 1. The molecule has 0 N–H and O–H groups in total. The molecule has 0 heterocycles. The monoisotopic (exact) mass is 362 g/mol. The van der Waals surface area contributed by atoms with Gasteiger partial charge in [-0.05, 0) is 30.5 Å². The molecule has 0 nitrogen and oxygen atoms in total. The summed E-state index contributed by atoms with van der Waals surface area (Å²) in [5.41, 5.74) is 1.43. The number of benzene rings is 1. The molecule has 0 unspecified atom stereocenters. The predicted octanol–water partition coefficient (Wildman–Crippen LogP) is 4.72. The van der Waals surface area contributed by atoms with Gasteiger partial charge in [0.05, 0.1) is 0 Å². The minimum atomic E-state index is 0. The van der Waals surface area contributed by atoms with E-state index < -0.39 is 0 Å². The van der Waals surface area contributed by atoms with Crippen LogP contribution >= 0.6 is 12.6 Å². The first kappa shape index (κ1) is 17.1. The second-order valence-electron chi connectivity index (χ2n) is 4.19. The molecular formula is C14H24BaS. The Kier molecular flexibility index (Phi) is 12.0. The first-order valence-corrected chi connectivity index (χ1v) is 6.55. The van der Waals surface area contributed by atoms with Crippen LogP contribution in [-0.4, -0.2) is 48.9 Å². The van der Waals surface area contributed by atoms with Crippen LogP contribution in [0.1, 0.15) is 53.9 Å². The summed E-state index contributed by atoms with van der Waals surface area (Å²) in [6.07, 6.45) is 9.43. The fourth-order valence-corrected chi connectivity index (χ4v) is 2.07. The average molecular weight is 362 g/mol. The standard InChI is InChI=1S/C14H22S.Ba.2H/c1-2-3-4-5-6-7-9-13-10-8-11-14(15)12-13;;;/h8,10-12,15H,2-7,9H2,1H3;;;/q;+2;2*-1. The van der Waals surface area contributed by atoms with Crippen LogP contribution in [0.15, 0.2) is 29.2 Å². The Bertz CT molecular complexity index is 282. The van der Waals surface area contributed by atoms with E-state index in [9.17, 15) is 0 Å². The molecular weight excluding hydrogens is 338 g/mol. The third-order valence-electron chi connectivity index (χ3n) is 2.73. The van der Waals surface area contributed by atoms with E-state index in [1.165, 1.54) is 50.5 Å². The van der Waals surface area contributed by atoms with Crippen molar-refractivity contribution in [1.82, 2.24) is 0 Å². The second-order valence-corrected chi connectivity index (χ2v) is 4.70. The summed E-state index contributed by atoms with van der Waals surface area (Å²) < 4.78 is 0. The van der Waals surface area contributed by atoms with Gasteiger partial charge in [0, 0.05) is 4.90 Å². The maximum absolute atomic E-state index is 4.35. The van der Waals surface area contributed by atoms with E-state index in [0.717, 1.165) is 4.90 Å². The van der Waals surface area contributed by atoms with Gasteiger partial charge in [0.1, 0.15) is 0 Å². The van der Waals surface area contributed by atoms with Crippen molar-refractivity contribution in [1.29, 1.82) is 0 Å². The second kappa shape index (κ2) is 11.2. The minimum absolute atomic E-state index is 0. The van der Waals surface area contributed by atoms with Gasteiger partial charge in [-0.1, -0.05) is 51.2 Å². The predicted molar refractivity (Wildman–Crippen MR) is 78.8 cm³/mol. The molecule has 0 aromatic heterocycles. The molecule has 0 aliphatic rings. The summed E-state index contributed by atoms with van der Waals surface area (Å²) in [6, 6.07) is 8.50. The molecule has 0 saturated heterocycles. The first-order chi connectivity index (χ1) is 7.33. The van der Waals surface area contributed by atoms with Crippen LogP contribution in [-0.2, 0) is 6.42 Å². The van der Waals surface area contributed by atoms with Crippen molar-refractivity contribution in [3.8, 4) is 0 Å². The summed E-state index contributed by atoms with van der Waals surface area (Å²) in [5.74, 6) is 0. The molecule has 0 radical (unpaired) electrons. The quantitative estimate of drug-likeness (QED) is 0.405. The van der Waals surface area contributed by atoms with E-state index in [2.05, 4.69) is 37.8 Å². The molecule has 0 bridgehead atoms. The van der Waals surface area contributed by atoms with E-state index in [1.54, 1.807) is 0 Å². The zero-order valence-electron chi connectivity index (χ0n) is 12.4. The van der Waals surface area contributed by atoms with Crippen LogP contribution in [0, 0.1) is 0 Å². The van der Waals surface area contributed by atoms with E-state index in [0.29, 0.717) is 0 Å². The van der Waals surface area contributed by atoms with Crippen molar-refractivity contribution >= 4 is 61.5 Å². The summed E-state index contributed by atoms with van der Waals surface area (Å²) in [7, 11) is 0. The third kappa shape index (κ3) is 8.26. The topological polar surface area (TPSA) is 0 Å². The Labute approximate surface area is 149 Å². The summed E-state index contributed by atoms with van der Waals surface area (Å²) in [5, 5.41) is 0. The van der Waals surface area contributed by atoms with Gasteiger partial charge in [-0.3, -0.25) is 0 Å². The van der Waals surface area contributed by atoms with Crippen LogP contribution in [0.5, 0.6) is 0 Å². The molecule has 1 aromatic carbocycles. The fraction of sp³-hybridized carbons (Fsp3) is 0.571. The molecule has 0 amide bonds. The van der Waals surface area contributed by atoms with E-state index in [1.807, 2.05) is 6.07 Å². The molecule has 0 aliphatic carbocycles. The molecule has 16 heavy (non-hydrogen) atoms. The summed E-state index contributed by atoms with van der Waals surface area (Å²) in [6.45, 7) is 2.26. The summed E-state index contributed by atoms with van der Waals surface area (Å²) in [4.78, 5) is 1.08. The van der Waals surface area contributed by atoms with Crippen molar-refractivity contribution < 1.29 is 2.85 Å². The average Bonchev–Trinajstić information content (AvgIpc) is 2.23. The Morgan fingerprint density at radius 2 is 1.75 bits per heavy atom. The van der Waals surface area contributed by atoms with E-state index in [4.69, 9.17) is 0 Å². The molecule has 0 fully saturated rings. The van der Waals surface area contributed by atoms with Crippen molar-refractivity contribution in [3.63, 3.8) is 0 Å². The fourth-order valence-electron chi connectivity index (χ4n) is 1.82. The van der Waals surface area contributed by atoms with E-state index in [-0.39, 0.29) is 51.7 Å². The maximum atomic E-state index is 4.35. The number of rotatable bonds is 7. The normalized spacial score (nSPS) is 9.88. The third-order valence-corrected chi connectivity index (χ3v) is 3.01. The van der Waals surface area contributed by atoms with E-state index >= 15 is 0 Å². The number of hydrogen-bond acceptors (Lipinski definition) is 1. The first-order valence-electron chi connectivity index (χ1n) is 6.11. The van der Waals surface area contributed by atoms with Gasteiger partial charge in [-0.2, -0.15) is 0 Å². The zero-order valence-corrected chi connectivity index (χ0v) is 15.7. The maximum Gasteiger partial charge on any atom is 2.00 e. The molecule has 0 spiro atoms. The Hall–Kier alpha value is 1.14. The molecule has 0 atom stereocenters. The van der Waals surface area contributed by atoms with Gasteiger partial charge in [-0.25, -0.2) is 0 Å². The molecule has 88 valence electrons. The van der Waals surface area contributed by atoms with Crippen LogP contribution in [0.3, 0.4) is 0 Å². The smallest absolute Gasteiger partial charge is 1.00 e. The van der Waals surface area contributed by atoms with Crippen molar-refractivity contribution in [2.24, 2.45) is 0 Å². The zero-order chi connectivity index (χ0) is 10.9. The molecule has 2 heteroatoms. The largest absolute Gasteiger partial charge is 2.00 e.